The monoisotopic (exact) mass is 264 g/mol. The summed E-state index contributed by atoms with van der Waals surface area (Å²) in [5, 5.41) is 4.18. The number of carbonyl (C=O) groups is 1. The van der Waals surface area contributed by atoms with Crippen molar-refractivity contribution in [1.82, 2.24) is 9.78 Å². The molecular formula is C11H9BrN2O. The predicted octanol–water partition coefficient (Wildman–Crippen LogP) is 2.76. The first-order valence-electron chi connectivity index (χ1n) is 4.49. The topological polar surface area (TPSA) is 34.9 Å². The Kier molecular flexibility index (Phi) is 2.68. The minimum absolute atomic E-state index is 0.447. The van der Waals surface area contributed by atoms with Crippen LogP contribution >= 0.6 is 15.9 Å². The first-order valence-corrected chi connectivity index (χ1v) is 5.28. The van der Waals surface area contributed by atoms with Gasteiger partial charge in [0.2, 0.25) is 0 Å². The van der Waals surface area contributed by atoms with E-state index in [1.807, 2.05) is 31.2 Å². The lowest BCUT2D eigenvalue weighted by molar-refractivity contribution is 0.111. The molecule has 0 amide bonds. The third-order valence-corrected chi connectivity index (χ3v) is 2.78. The summed E-state index contributed by atoms with van der Waals surface area (Å²) in [6, 6.07) is 9.51. The number of aromatic nitrogens is 2. The molecule has 0 aliphatic heterocycles. The lowest BCUT2D eigenvalue weighted by Crippen LogP contribution is -1.99. The fraction of sp³-hybridized carbons (Fsp3) is 0.0909. The highest BCUT2D eigenvalue weighted by Gasteiger charge is 2.07. The molecule has 0 unspecified atom stereocenters. The fourth-order valence-electron chi connectivity index (χ4n) is 1.42. The van der Waals surface area contributed by atoms with E-state index in [0.717, 1.165) is 22.1 Å². The number of halogens is 1. The molecule has 0 aliphatic rings. The van der Waals surface area contributed by atoms with Crippen LogP contribution in [0.2, 0.25) is 0 Å². The summed E-state index contributed by atoms with van der Waals surface area (Å²) in [7, 11) is 0. The summed E-state index contributed by atoms with van der Waals surface area (Å²) >= 11 is 3.45. The lowest BCUT2D eigenvalue weighted by atomic mass is 10.3. The van der Waals surface area contributed by atoms with Gasteiger partial charge in [-0.25, -0.2) is 4.68 Å². The molecule has 0 atom stereocenters. The van der Waals surface area contributed by atoms with E-state index in [9.17, 15) is 4.79 Å². The second-order valence-electron chi connectivity index (χ2n) is 3.19. The number of rotatable bonds is 2. The van der Waals surface area contributed by atoms with E-state index in [2.05, 4.69) is 21.0 Å². The van der Waals surface area contributed by atoms with Crippen molar-refractivity contribution in [3.05, 3.63) is 46.2 Å². The van der Waals surface area contributed by atoms with Crippen LogP contribution in [-0.4, -0.2) is 16.1 Å². The number of hydrogen-bond donors (Lipinski definition) is 0. The van der Waals surface area contributed by atoms with Crippen molar-refractivity contribution in [1.29, 1.82) is 0 Å². The van der Waals surface area contributed by atoms with E-state index in [1.165, 1.54) is 0 Å². The van der Waals surface area contributed by atoms with E-state index in [0.29, 0.717) is 5.69 Å². The standard InChI is InChI=1S/C11H9BrN2O/c1-8-6-9(7-15)13-14(8)11-5-3-2-4-10(11)12/h2-7H,1H3. The zero-order valence-corrected chi connectivity index (χ0v) is 9.73. The molecule has 4 heteroatoms. The molecular weight excluding hydrogens is 256 g/mol. The molecule has 0 fully saturated rings. The Morgan fingerprint density at radius 3 is 2.73 bits per heavy atom. The van der Waals surface area contributed by atoms with Crippen LogP contribution in [0, 0.1) is 6.92 Å². The van der Waals surface area contributed by atoms with Crippen molar-refractivity contribution in [2.24, 2.45) is 0 Å². The molecule has 2 rings (SSSR count). The summed E-state index contributed by atoms with van der Waals surface area (Å²) < 4.78 is 2.70. The maximum absolute atomic E-state index is 10.6. The zero-order valence-electron chi connectivity index (χ0n) is 8.14. The quantitative estimate of drug-likeness (QED) is 0.782. The maximum atomic E-state index is 10.6. The second kappa shape index (κ2) is 3.98. The molecule has 2 aromatic rings. The Labute approximate surface area is 95.9 Å². The van der Waals surface area contributed by atoms with Gasteiger partial charge in [-0.15, -0.1) is 0 Å². The van der Waals surface area contributed by atoms with Gasteiger partial charge >= 0.3 is 0 Å². The van der Waals surface area contributed by atoms with Crippen molar-refractivity contribution >= 4 is 22.2 Å². The first kappa shape index (κ1) is 10.1. The third kappa shape index (κ3) is 1.85. The smallest absolute Gasteiger partial charge is 0.170 e. The van der Waals surface area contributed by atoms with Crippen LogP contribution in [0.3, 0.4) is 0 Å². The van der Waals surface area contributed by atoms with Crippen molar-refractivity contribution in [3.8, 4) is 5.69 Å². The van der Waals surface area contributed by atoms with Crippen molar-refractivity contribution < 1.29 is 4.79 Å². The number of nitrogens with zero attached hydrogens (tertiary/aromatic N) is 2. The normalized spacial score (nSPS) is 10.3. The number of aryl methyl sites for hydroxylation is 1. The van der Waals surface area contributed by atoms with Gasteiger partial charge in [-0.1, -0.05) is 12.1 Å². The van der Waals surface area contributed by atoms with Gasteiger partial charge in [0.15, 0.2) is 6.29 Å². The average molecular weight is 265 g/mol. The molecule has 1 aromatic carbocycles. The number of aldehydes is 1. The third-order valence-electron chi connectivity index (χ3n) is 2.11. The average Bonchev–Trinajstić information content (AvgIpc) is 2.60. The van der Waals surface area contributed by atoms with Crippen LogP contribution < -0.4 is 0 Å². The van der Waals surface area contributed by atoms with Gasteiger partial charge in [-0.3, -0.25) is 4.79 Å². The highest BCUT2D eigenvalue weighted by Crippen LogP contribution is 2.21. The van der Waals surface area contributed by atoms with Crippen LogP contribution in [0.15, 0.2) is 34.8 Å². The molecule has 76 valence electrons. The zero-order chi connectivity index (χ0) is 10.8. The van der Waals surface area contributed by atoms with E-state index >= 15 is 0 Å². The highest BCUT2D eigenvalue weighted by atomic mass is 79.9. The number of hydrogen-bond acceptors (Lipinski definition) is 2. The van der Waals surface area contributed by atoms with E-state index < -0.39 is 0 Å². The number of para-hydroxylation sites is 1. The summed E-state index contributed by atoms with van der Waals surface area (Å²) in [6.07, 6.45) is 0.750. The Balaban J connectivity index is 2.58. The molecule has 1 heterocycles. The molecule has 0 spiro atoms. The Morgan fingerprint density at radius 1 is 1.40 bits per heavy atom. The van der Waals surface area contributed by atoms with Crippen molar-refractivity contribution in [2.75, 3.05) is 0 Å². The molecule has 3 nitrogen and oxygen atoms in total. The van der Waals surface area contributed by atoms with Crippen LogP contribution in [-0.2, 0) is 0 Å². The van der Waals surface area contributed by atoms with Crippen LogP contribution in [0.5, 0.6) is 0 Å². The summed E-state index contributed by atoms with van der Waals surface area (Å²) in [6.45, 7) is 1.92. The van der Waals surface area contributed by atoms with Gasteiger partial charge in [0.05, 0.1) is 5.69 Å². The lowest BCUT2D eigenvalue weighted by Gasteiger charge is -2.05. The minimum Gasteiger partial charge on any atom is -0.296 e. The minimum atomic E-state index is 0.447. The first-order chi connectivity index (χ1) is 7.22. The maximum Gasteiger partial charge on any atom is 0.170 e. The highest BCUT2D eigenvalue weighted by molar-refractivity contribution is 9.10. The molecule has 0 N–H and O–H groups in total. The molecule has 0 saturated carbocycles. The van der Waals surface area contributed by atoms with Gasteiger partial charge in [-0.05, 0) is 41.1 Å². The predicted molar refractivity (Wildman–Crippen MR) is 61.4 cm³/mol. The molecule has 15 heavy (non-hydrogen) atoms. The Morgan fingerprint density at radius 2 is 2.13 bits per heavy atom. The fourth-order valence-corrected chi connectivity index (χ4v) is 1.88. The second-order valence-corrected chi connectivity index (χ2v) is 4.05. The van der Waals surface area contributed by atoms with Crippen molar-refractivity contribution in [3.63, 3.8) is 0 Å². The molecule has 1 aromatic heterocycles. The van der Waals surface area contributed by atoms with Gasteiger partial charge < -0.3 is 0 Å². The number of carbonyl (C=O) groups excluding carboxylic acids is 1. The van der Waals surface area contributed by atoms with Gasteiger partial charge in [0.1, 0.15) is 5.69 Å². The van der Waals surface area contributed by atoms with Gasteiger partial charge in [0.25, 0.3) is 0 Å². The van der Waals surface area contributed by atoms with E-state index in [1.54, 1.807) is 10.7 Å². The van der Waals surface area contributed by atoms with Crippen molar-refractivity contribution in [2.45, 2.75) is 6.92 Å². The van der Waals surface area contributed by atoms with Crippen LogP contribution in [0.25, 0.3) is 5.69 Å². The summed E-state index contributed by atoms with van der Waals surface area (Å²) in [5.74, 6) is 0. The SMILES string of the molecule is Cc1cc(C=O)nn1-c1ccccc1Br. The van der Waals surface area contributed by atoms with Crippen LogP contribution in [0.1, 0.15) is 16.2 Å². The summed E-state index contributed by atoms with van der Waals surface area (Å²) in [5.41, 5.74) is 2.32. The molecule has 0 radical (unpaired) electrons. The Bertz CT molecular complexity index is 505. The molecule has 0 bridgehead atoms. The van der Waals surface area contributed by atoms with E-state index in [-0.39, 0.29) is 0 Å². The van der Waals surface area contributed by atoms with E-state index in [4.69, 9.17) is 0 Å². The van der Waals surface area contributed by atoms with Gasteiger partial charge in [-0.2, -0.15) is 5.10 Å². The molecule has 0 aliphatic carbocycles. The Hall–Kier alpha value is -1.42. The molecule has 0 saturated heterocycles. The number of benzene rings is 1. The van der Waals surface area contributed by atoms with Crippen LogP contribution in [0.4, 0.5) is 0 Å². The van der Waals surface area contributed by atoms with Gasteiger partial charge in [0, 0.05) is 10.2 Å². The largest absolute Gasteiger partial charge is 0.296 e. The summed E-state index contributed by atoms with van der Waals surface area (Å²) in [4.78, 5) is 10.6.